The molecule has 130 valence electrons. The van der Waals surface area contributed by atoms with Crippen LogP contribution in [0.25, 0.3) is 5.69 Å². The van der Waals surface area contributed by atoms with Crippen LogP contribution in [-0.2, 0) is 13.0 Å². The molecule has 0 aliphatic heterocycles. The minimum Gasteiger partial charge on any atom is -0.329 e. The first kappa shape index (κ1) is 17.3. The molecule has 3 aromatic rings. The third kappa shape index (κ3) is 4.75. The van der Waals surface area contributed by atoms with E-state index in [0.717, 1.165) is 37.4 Å². The van der Waals surface area contributed by atoms with Crippen LogP contribution in [0.1, 0.15) is 16.8 Å². The molecule has 0 aliphatic carbocycles. The number of nitrogens with two attached hydrogens (primary N) is 1. The quantitative estimate of drug-likeness (QED) is 0.687. The summed E-state index contributed by atoms with van der Waals surface area (Å²) >= 11 is 0. The van der Waals surface area contributed by atoms with Gasteiger partial charge in [-0.3, -0.25) is 9.88 Å². The Hall–Kier alpha value is -2.50. The summed E-state index contributed by atoms with van der Waals surface area (Å²) in [6, 6.07) is 14.5. The van der Waals surface area contributed by atoms with Crippen LogP contribution in [0.5, 0.6) is 0 Å². The Morgan fingerprint density at radius 1 is 1.04 bits per heavy atom. The van der Waals surface area contributed by atoms with Crippen molar-refractivity contribution >= 4 is 0 Å². The lowest BCUT2D eigenvalue weighted by Crippen LogP contribution is -2.31. The van der Waals surface area contributed by atoms with E-state index >= 15 is 0 Å². The maximum Gasteiger partial charge on any atom is 0.0676 e. The minimum absolute atomic E-state index is 0.659. The molecule has 0 unspecified atom stereocenters. The predicted octanol–water partition coefficient (Wildman–Crippen LogP) is 2.58. The van der Waals surface area contributed by atoms with Gasteiger partial charge in [-0.05, 0) is 31.0 Å². The molecule has 0 radical (unpaired) electrons. The van der Waals surface area contributed by atoms with Gasteiger partial charge in [0, 0.05) is 50.3 Å². The van der Waals surface area contributed by atoms with Crippen LogP contribution in [0.4, 0.5) is 0 Å². The summed E-state index contributed by atoms with van der Waals surface area (Å²) in [4.78, 5) is 6.46. The molecule has 0 saturated heterocycles. The first-order valence-corrected chi connectivity index (χ1v) is 8.68. The van der Waals surface area contributed by atoms with Crippen molar-refractivity contribution in [1.29, 1.82) is 0 Å². The molecule has 0 bridgehead atoms. The van der Waals surface area contributed by atoms with E-state index in [1.54, 1.807) is 12.4 Å². The highest BCUT2D eigenvalue weighted by atomic mass is 15.3. The summed E-state index contributed by atoms with van der Waals surface area (Å²) in [5, 5.41) is 4.64. The van der Waals surface area contributed by atoms with Crippen LogP contribution in [0.3, 0.4) is 0 Å². The minimum atomic E-state index is 0.659. The van der Waals surface area contributed by atoms with Gasteiger partial charge in [0.1, 0.15) is 0 Å². The van der Waals surface area contributed by atoms with Gasteiger partial charge in [0.15, 0.2) is 0 Å². The average molecular weight is 335 g/mol. The lowest BCUT2D eigenvalue weighted by Gasteiger charge is -2.21. The number of aryl methyl sites for hydroxylation is 1. The first-order chi connectivity index (χ1) is 12.3. The Morgan fingerprint density at radius 2 is 1.80 bits per heavy atom. The van der Waals surface area contributed by atoms with Crippen molar-refractivity contribution in [2.75, 3.05) is 19.6 Å². The van der Waals surface area contributed by atoms with E-state index in [1.165, 1.54) is 11.1 Å². The number of rotatable bonds is 8. The molecule has 0 aliphatic rings. The monoisotopic (exact) mass is 335 g/mol. The molecular weight excluding hydrogens is 310 g/mol. The SMILES string of the molecule is Cc1nn(-c2ccncc2)cc1CN(CCN)CCc1ccccc1. The van der Waals surface area contributed by atoms with E-state index < -0.39 is 0 Å². The van der Waals surface area contributed by atoms with Gasteiger partial charge < -0.3 is 5.73 Å². The number of hydrogen-bond acceptors (Lipinski definition) is 4. The summed E-state index contributed by atoms with van der Waals surface area (Å²) in [6.45, 7) is 5.45. The molecule has 2 N–H and O–H groups in total. The summed E-state index contributed by atoms with van der Waals surface area (Å²) in [6.07, 6.45) is 6.70. The Labute approximate surface area is 149 Å². The molecule has 2 heterocycles. The second-order valence-corrected chi connectivity index (χ2v) is 6.19. The van der Waals surface area contributed by atoms with E-state index in [-0.39, 0.29) is 0 Å². The maximum atomic E-state index is 5.82. The largest absolute Gasteiger partial charge is 0.329 e. The highest BCUT2D eigenvalue weighted by molar-refractivity contribution is 5.30. The number of hydrogen-bond donors (Lipinski definition) is 1. The van der Waals surface area contributed by atoms with Crippen molar-refractivity contribution in [2.45, 2.75) is 19.9 Å². The highest BCUT2D eigenvalue weighted by Crippen LogP contribution is 2.14. The third-order valence-corrected chi connectivity index (χ3v) is 4.33. The van der Waals surface area contributed by atoms with E-state index in [1.807, 2.05) is 16.8 Å². The predicted molar refractivity (Wildman–Crippen MR) is 101 cm³/mol. The highest BCUT2D eigenvalue weighted by Gasteiger charge is 2.11. The first-order valence-electron chi connectivity index (χ1n) is 8.68. The van der Waals surface area contributed by atoms with Gasteiger partial charge in [0.2, 0.25) is 0 Å². The van der Waals surface area contributed by atoms with Gasteiger partial charge >= 0.3 is 0 Å². The summed E-state index contributed by atoms with van der Waals surface area (Å²) in [5.74, 6) is 0. The lowest BCUT2D eigenvalue weighted by molar-refractivity contribution is 0.276. The van der Waals surface area contributed by atoms with E-state index in [0.29, 0.717) is 6.54 Å². The van der Waals surface area contributed by atoms with Crippen LogP contribution in [0, 0.1) is 6.92 Å². The number of nitrogens with zero attached hydrogens (tertiary/aromatic N) is 4. The normalized spacial score (nSPS) is 11.2. The molecule has 0 atom stereocenters. The zero-order valence-corrected chi connectivity index (χ0v) is 14.7. The molecule has 2 aromatic heterocycles. The number of pyridine rings is 1. The Kier molecular flexibility index (Phi) is 5.93. The third-order valence-electron chi connectivity index (χ3n) is 4.33. The van der Waals surface area contributed by atoms with Gasteiger partial charge in [-0.2, -0.15) is 5.10 Å². The fraction of sp³-hybridized carbons (Fsp3) is 0.300. The van der Waals surface area contributed by atoms with Crippen LogP contribution < -0.4 is 5.73 Å². The van der Waals surface area contributed by atoms with Gasteiger partial charge in [0.25, 0.3) is 0 Å². The van der Waals surface area contributed by atoms with Crippen molar-refractivity contribution in [3.8, 4) is 5.69 Å². The van der Waals surface area contributed by atoms with Crippen molar-refractivity contribution < 1.29 is 0 Å². The van der Waals surface area contributed by atoms with Crippen LogP contribution >= 0.6 is 0 Å². The lowest BCUT2D eigenvalue weighted by atomic mass is 10.1. The molecule has 0 amide bonds. The number of benzene rings is 1. The number of aromatic nitrogens is 3. The fourth-order valence-electron chi connectivity index (χ4n) is 2.91. The van der Waals surface area contributed by atoms with Crippen LogP contribution in [0.15, 0.2) is 61.1 Å². The van der Waals surface area contributed by atoms with Gasteiger partial charge in [-0.1, -0.05) is 30.3 Å². The molecular formula is C20H25N5. The standard InChI is InChI=1S/C20H25N5/c1-17-19(16-25(23-17)20-7-11-22-12-8-20)15-24(14-10-21)13-9-18-5-3-2-4-6-18/h2-8,11-12,16H,9-10,13-15,21H2,1H3. The van der Waals surface area contributed by atoms with Crippen LogP contribution in [-0.4, -0.2) is 39.3 Å². The van der Waals surface area contributed by atoms with Crippen LogP contribution in [0.2, 0.25) is 0 Å². The smallest absolute Gasteiger partial charge is 0.0676 e. The molecule has 5 heteroatoms. The molecule has 0 fully saturated rings. The molecule has 0 saturated carbocycles. The second-order valence-electron chi connectivity index (χ2n) is 6.19. The molecule has 0 spiro atoms. The van der Waals surface area contributed by atoms with E-state index in [2.05, 4.69) is 58.4 Å². The molecule has 3 rings (SSSR count). The van der Waals surface area contributed by atoms with Gasteiger partial charge in [0.05, 0.1) is 11.4 Å². The average Bonchev–Trinajstić information content (AvgIpc) is 3.02. The van der Waals surface area contributed by atoms with E-state index in [4.69, 9.17) is 5.73 Å². The Balaban J connectivity index is 1.68. The topological polar surface area (TPSA) is 60.0 Å². The van der Waals surface area contributed by atoms with E-state index in [9.17, 15) is 0 Å². The van der Waals surface area contributed by atoms with Crippen molar-refractivity contribution in [1.82, 2.24) is 19.7 Å². The Morgan fingerprint density at radius 3 is 2.52 bits per heavy atom. The zero-order valence-electron chi connectivity index (χ0n) is 14.7. The Bertz CT molecular complexity index is 767. The van der Waals surface area contributed by atoms with Crippen molar-refractivity contribution in [3.05, 3.63) is 77.9 Å². The van der Waals surface area contributed by atoms with Crippen molar-refractivity contribution in [2.24, 2.45) is 5.73 Å². The van der Waals surface area contributed by atoms with Crippen molar-refractivity contribution in [3.63, 3.8) is 0 Å². The summed E-state index contributed by atoms with van der Waals surface area (Å²) < 4.78 is 1.92. The van der Waals surface area contributed by atoms with Gasteiger partial charge in [-0.25, -0.2) is 4.68 Å². The molecule has 5 nitrogen and oxygen atoms in total. The molecule has 1 aromatic carbocycles. The second kappa shape index (κ2) is 8.55. The maximum absolute atomic E-state index is 5.82. The fourth-order valence-corrected chi connectivity index (χ4v) is 2.91. The summed E-state index contributed by atoms with van der Waals surface area (Å²) in [7, 11) is 0. The zero-order chi connectivity index (χ0) is 17.5. The summed E-state index contributed by atoms with van der Waals surface area (Å²) in [5.41, 5.74) is 10.5. The molecule has 25 heavy (non-hydrogen) atoms. The van der Waals surface area contributed by atoms with Gasteiger partial charge in [-0.15, -0.1) is 0 Å².